The molecule has 36 heavy (non-hydrogen) atoms. The van der Waals surface area contributed by atoms with Crippen molar-refractivity contribution in [3.63, 3.8) is 0 Å². The summed E-state index contributed by atoms with van der Waals surface area (Å²) in [6.07, 6.45) is 5.60. The van der Waals surface area contributed by atoms with Crippen LogP contribution in [0.4, 0.5) is 5.69 Å². The third kappa shape index (κ3) is 7.35. The molecule has 0 aromatic heterocycles. The molecule has 1 N–H and O–H groups in total. The van der Waals surface area contributed by atoms with Crippen LogP contribution >= 0.6 is 11.6 Å². The van der Waals surface area contributed by atoms with Gasteiger partial charge in [0.15, 0.2) is 17.2 Å². The number of rotatable bonds is 3. The average Bonchev–Trinajstić information content (AvgIpc) is 2.88. The number of halogens is 1. The Hall–Kier alpha value is -2.81. The standard InChI is InChI=1S/C27H34ClN3O5/c1-30(21-7-3-2-4-8-21)27(33)19-31-13-14-34-15-16-35-24-9-5-6-10-25(24)36-23-12-11-20(28)17-22(23)29-26(32)18-31/h5-6,9-12,17,21H,2-4,7-8,13-16,18-19H2,1H3,(H,29,32). The molecule has 1 aliphatic carbocycles. The van der Waals surface area contributed by atoms with E-state index in [9.17, 15) is 9.59 Å². The quantitative estimate of drug-likeness (QED) is 0.645. The summed E-state index contributed by atoms with van der Waals surface area (Å²) in [5.41, 5.74) is 0.444. The molecule has 1 heterocycles. The Labute approximate surface area is 217 Å². The summed E-state index contributed by atoms with van der Waals surface area (Å²) in [6.45, 7) is 1.70. The van der Waals surface area contributed by atoms with E-state index in [4.69, 9.17) is 25.8 Å². The molecule has 0 bridgehead atoms. The Kier molecular flexibility index (Phi) is 9.44. The SMILES string of the molecule is CN(C(=O)CN1CCOCCOc2ccccc2Oc2ccc(Cl)cc2NC(=O)C1)C1CCCCC1. The molecule has 0 unspecified atom stereocenters. The zero-order valence-corrected chi connectivity index (χ0v) is 21.5. The van der Waals surface area contributed by atoms with E-state index in [2.05, 4.69) is 5.32 Å². The van der Waals surface area contributed by atoms with Crippen molar-refractivity contribution in [2.24, 2.45) is 0 Å². The van der Waals surface area contributed by atoms with Gasteiger partial charge in [-0.25, -0.2) is 0 Å². The van der Waals surface area contributed by atoms with Gasteiger partial charge in [0, 0.05) is 24.7 Å². The maximum atomic E-state index is 13.1. The lowest BCUT2D eigenvalue weighted by atomic mass is 9.94. The van der Waals surface area contributed by atoms with Crippen molar-refractivity contribution in [3.05, 3.63) is 47.5 Å². The molecule has 4 rings (SSSR count). The summed E-state index contributed by atoms with van der Waals surface area (Å²) >= 11 is 6.22. The summed E-state index contributed by atoms with van der Waals surface area (Å²) in [4.78, 5) is 29.8. The monoisotopic (exact) mass is 515 g/mol. The fourth-order valence-corrected chi connectivity index (χ4v) is 4.72. The molecule has 2 amide bonds. The van der Waals surface area contributed by atoms with Crippen LogP contribution in [0, 0.1) is 0 Å². The van der Waals surface area contributed by atoms with Crippen molar-refractivity contribution < 1.29 is 23.8 Å². The zero-order valence-electron chi connectivity index (χ0n) is 20.7. The Morgan fingerprint density at radius 2 is 1.83 bits per heavy atom. The number of hydrogen-bond acceptors (Lipinski definition) is 6. The van der Waals surface area contributed by atoms with Crippen molar-refractivity contribution in [1.29, 1.82) is 0 Å². The van der Waals surface area contributed by atoms with Gasteiger partial charge in [-0.15, -0.1) is 0 Å². The van der Waals surface area contributed by atoms with Gasteiger partial charge in [-0.1, -0.05) is 43.0 Å². The van der Waals surface area contributed by atoms with Crippen LogP contribution in [0.1, 0.15) is 32.1 Å². The molecule has 0 saturated heterocycles. The summed E-state index contributed by atoms with van der Waals surface area (Å²) in [5.74, 6) is 1.27. The molecule has 0 radical (unpaired) electrons. The highest BCUT2D eigenvalue weighted by atomic mass is 35.5. The van der Waals surface area contributed by atoms with Gasteiger partial charge in [-0.2, -0.15) is 0 Å². The first-order valence-corrected chi connectivity index (χ1v) is 12.9. The molecule has 1 saturated carbocycles. The third-order valence-electron chi connectivity index (χ3n) is 6.56. The maximum absolute atomic E-state index is 13.1. The van der Waals surface area contributed by atoms with Crippen LogP contribution in [0.5, 0.6) is 17.2 Å². The first-order chi connectivity index (χ1) is 17.5. The Morgan fingerprint density at radius 3 is 2.64 bits per heavy atom. The number of benzene rings is 2. The van der Waals surface area contributed by atoms with E-state index in [1.807, 2.05) is 35.0 Å². The highest BCUT2D eigenvalue weighted by Gasteiger charge is 2.24. The van der Waals surface area contributed by atoms with Gasteiger partial charge in [0.2, 0.25) is 11.8 Å². The van der Waals surface area contributed by atoms with Crippen LogP contribution in [0.15, 0.2) is 42.5 Å². The van der Waals surface area contributed by atoms with Crippen molar-refractivity contribution in [1.82, 2.24) is 9.80 Å². The molecule has 1 aliphatic heterocycles. The topological polar surface area (TPSA) is 80.3 Å². The molecule has 1 fully saturated rings. The lowest BCUT2D eigenvalue weighted by Crippen LogP contribution is -2.46. The molecule has 2 aliphatic rings. The van der Waals surface area contributed by atoms with Crippen LogP contribution in [0.25, 0.3) is 0 Å². The molecule has 2 aromatic rings. The molecule has 2 aromatic carbocycles. The fourth-order valence-electron chi connectivity index (χ4n) is 4.55. The number of anilines is 1. The maximum Gasteiger partial charge on any atom is 0.238 e. The number of nitrogens with one attached hydrogen (secondary N) is 1. The number of para-hydroxylation sites is 2. The first kappa shape index (κ1) is 26.3. The van der Waals surface area contributed by atoms with Crippen LogP contribution in [-0.4, -0.2) is 74.2 Å². The van der Waals surface area contributed by atoms with Crippen LogP contribution in [-0.2, 0) is 14.3 Å². The van der Waals surface area contributed by atoms with Crippen LogP contribution in [0.3, 0.4) is 0 Å². The van der Waals surface area contributed by atoms with Gasteiger partial charge >= 0.3 is 0 Å². The Balaban J connectivity index is 1.50. The van der Waals surface area contributed by atoms with Crippen LogP contribution < -0.4 is 14.8 Å². The number of amides is 2. The second-order valence-electron chi connectivity index (χ2n) is 9.21. The fraction of sp³-hybridized carbons (Fsp3) is 0.481. The average molecular weight is 516 g/mol. The summed E-state index contributed by atoms with van der Waals surface area (Å²) < 4.78 is 17.7. The minimum atomic E-state index is -0.269. The second kappa shape index (κ2) is 12.9. The van der Waals surface area contributed by atoms with Gasteiger partial charge in [0.25, 0.3) is 0 Å². The van der Waals surface area contributed by atoms with E-state index in [1.54, 1.807) is 24.3 Å². The Morgan fingerprint density at radius 1 is 1.06 bits per heavy atom. The smallest absolute Gasteiger partial charge is 0.238 e. The molecule has 194 valence electrons. The van der Waals surface area contributed by atoms with E-state index >= 15 is 0 Å². The number of ether oxygens (including phenoxy) is 3. The van der Waals surface area contributed by atoms with Gasteiger partial charge in [0.1, 0.15) is 6.61 Å². The number of likely N-dealkylation sites (N-methyl/N-ethyl adjacent to an activating group) is 1. The molecule has 9 heteroatoms. The van der Waals surface area contributed by atoms with Crippen molar-refractivity contribution in [3.8, 4) is 17.2 Å². The van der Waals surface area contributed by atoms with Crippen LogP contribution in [0.2, 0.25) is 5.02 Å². The third-order valence-corrected chi connectivity index (χ3v) is 6.80. The van der Waals surface area contributed by atoms with E-state index in [0.29, 0.717) is 54.3 Å². The molecule has 0 spiro atoms. The first-order valence-electron chi connectivity index (χ1n) is 12.5. The highest BCUT2D eigenvalue weighted by Crippen LogP contribution is 2.36. The minimum absolute atomic E-state index is 0.0122. The zero-order chi connectivity index (χ0) is 25.3. The van der Waals surface area contributed by atoms with Crippen molar-refractivity contribution >= 4 is 29.1 Å². The predicted molar refractivity (Wildman–Crippen MR) is 139 cm³/mol. The largest absolute Gasteiger partial charge is 0.487 e. The van der Waals surface area contributed by atoms with Gasteiger partial charge in [0.05, 0.1) is 32.0 Å². The summed E-state index contributed by atoms with van der Waals surface area (Å²) in [7, 11) is 1.87. The predicted octanol–water partition coefficient (Wildman–Crippen LogP) is 4.57. The molecular formula is C27H34ClN3O5. The summed E-state index contributed by atoms with van der Waals surface area (Å²) in [5, 5.41) is 3.37. The number of nitrogens with zero attached hydrogens (tertiary/aromatic N) is 2. The van der Waals surface area contributed by atoms with E-state index in [0.717, 1.165) is 25.7 Å². The lowest BCUT2D eigenvalue weighted by molar-refractivity contribution is -0.134. The van der Waals surface area contributed by atoms with Gasteiger partial charge in [-0.05, 0) is 43.2 Å². The normalized spacial score (nSPS) is 18.3. The van der Waals surface area contributed by atoms with Crippen molar-refractivity contribution in [2.45, 2.75) is 38.1 Å². The molecule has 8 nitrogen and oxygen atoms in total. The molecular weight excluding hydrogens is 482 g/mol. The van der Waals surface area contributed by atoms with Gasteiger partial charge < -0.3 is 24.4 Å². The van der Waals surface area contributed by atoms with E-state index in [1.165, 1.54) is 6.42 Å². The number of fused-ring (bicyclic) bond motifs is 2. The highest BCUT2D eigenvalue weighted by molar-refractivity contribution is 6.31. The number of hydrogen-bond donors (Lipinski definition) is 1. The van der Waals surface area contributed by atoms with E-state index in [-0.39, 0.29) is 30.9 Å². The van der Waals surface area contributed by atoms with E-state index < -0.39 is 0 Å². The minimum Gasteiger partial charge on any atom is -0.487 e. The van der Waals surface area contributed by atoms with Crippen molar-refractivity contribution in [2.75, 3.05) is 51.8 Å². The number of carbonyl (C=O) groups excluding carboxylic acids is 2. The lowest BCUT2D eigenvalue weighted by Gasteiger charge is -2.33. The molecule has 0 atom stereocenters. The Bertz CT molecular complexity index is 1040. The summed E-state index contributed by atoms with van der Waals surface area (Å²) in [6, 6.07) is 12.6. The number of carbonyl (C=O) groups is 2. The second-order valence-corrected chi connectivity index (χ2v) is 9.64. The van der Waals surface area contributed by atoms with Gasteiger partial charge in [-0.3, -0.25) is 14.5 Å².